The molecule has 0 aliphatic carbocycles. The molecule has 0 saturated carbocycles. The van der Waals surface area contributed by atoms with Gasteiger partial charge in [-0.1, -0.05) is 45.8 Å². The molecule has 0 fully saturated rings. The number of allylic oxidation sites excluding steroid dienone is 2. The van der Waals surface area contributed by atoms with Crippen LogP contribution < -0.4 is 0 Å². The topological polar surface area (TPSA) is 0 Å². The summed E-state index contributed by atoms with van der Waals surface area (Å²) in [5.74, 6) is 0.826. The van der Waals surface area contributed by atoms with Crippen molar-refractivity contribution in [3.63, 3.8) is 0 Å². The van der Waals surface area contributed by atoms with Crippen LogP contribution in [0.15, 0.2) is 12.2 Å². The lowest BCUT2D eigenvalue weighted by molar-refractivity contribution is 0.602. The Hall–Kier alpha value is -0.260. The summed E-state index contributed by atoms with van der Waals surface area (Å²) in [6.07, 6.45) is 12.7. The highest BCUT2D eigenvalue weighted by molar-refractivity contribution is 4.87. The van der Waals surface area contributed by atoms with Crippen LogP contribution in [-0.2, 0) is 0 Å². The van der Waals surface area contributed by atoms with E-state index in [0.29, 0.717) is 0 Å². The minimum absolute atomic E-state index is 0.826. The molecule has 0 nitrogen and oxygen atoms in total. The van der Waals surface area contributed by atoms with Crippen molar-refractivity contribution in [1.29, 1.82) is 0 Å². The zero-order chi connectivity index (χ0) is 9.23. The Labute approximate surface area is 78.1 Å². The Balaban J connectivity index is 3.32. The fourth-order valence-electron chi connectivity index (χ4n) is 1.36. The highest BCUT2D eigenvalue weighted by Crippen LogP contribution is 2.10. The smallest absolute Gasteiger partial charge is 0.0239 e. The third-order valence-corrected chi connectivity index (χ3v) is 2.43. The van der Waals surface area contributed by atoms with Gasteiger partial charge in [0, 0.05) is 0 Å². The molecule has 0 aromatic heterocycles. The molecule has 0 aliphatic heterocycles. The van der Waals surface area contributed by atoms with Gasteiger partial charge in [0.25, 0.3) is 0 Å². The second-order valence-corrected chi connectivity index (χ2v) is 3.50. The van der Waals surface area contributed by atoms with E-state index in [1.165, 1.54) is 38.5 Å². The summed E-state index contributed by atoms with van der Waals surface area (Å²) in [6.45, 7) is 6.79. The molecular formula is C12H24. The van der Waals surface area contributed by atoms with Crippen LogP contribution in [0.3, 0.4) is 0 Å². The molecule has 0 heteroatoms. The van der Waals surface area contributed by atoms with E-state index in [2.05, 4.69) is 32.9 Å². The molecule has 0 bridgehead atoms. The minimum atomic E-state index is 0.826. The second-order valence-electron chi connectivity index (χ2n) is 3.50. The molecule has 12 heavy (non-hydrogen) atoms. The highest BCUT2D eigenvalue weighted by Gasteiger charge is 1.95. The monoisotopic (exact) mass is 168 g/mol. The van der Waals surface area contributed by atoms with E-state index < -0.39 is 0 Å². The predicted octanol–water partition coefficient (Wildman–Crippen LogP) is 4.56. The van der Waals surface area contributed by atoms with Crippen LogP contribution >= 0.6 is 0 Å². The van der Waals surface area contributed by atoms with Crippen molar-refractivity contribution in [3.05, 3.63) is 12.2 Å². The summed E-state index contributed by atoms with van der Waals surface area (Å²) in [6, 6.07) is 0. The average molecular weight is 168 g/mol. The summed E-state index contributed by atoms with van der Waals surface area (Å²) in [4.78, 5) is 0. The minimum Gasteiger partial charge on any atom is -0.0883 e. The molecule has 0 N–H and O–H groups in total. The summed E-state index contributed by atoms with van der Waals surface area (Å²) in [5.41, 5.74) is 0. The standard InChI is InChI=1S/C12H24/c1-4-7-8-9-10-11-12(5-2)6-3/h10-12H,4-9H2,1-3H3/b11-10+. The fraction of sp³-hybridized carbons (Fsp3) is 0.833. The van der Waals surface area contributed by atoms with Crippen molar-refractivity contribution in [3.8, 4) is 0 Å². The summed E-state index contributed by atoms with van der Waals surface area (Å²) in [5, 5.41) is 0. The van der Waals surface area contributed by atoms with Crippen molar-refractivity contribution in [2.24, 2.45) is 5.92 Å². The zero-order valence-corrected chi connectivity index (χ0v) is 8.97. The van der Waals surface area contributed by atoms with E-state index in [9.17, 15) is 0 Å². The van der Waals surface area contributed by atoms with Gasteiger partial charge < -0.3 is 0 Å². The molecular weight excluding hydrogens is 144 g/mol. The van der Waals surface area contributed by atoms with E-state index >= 15 is 0 Å². The first-order valence-electron chi connectivity index (χ1n) is 5.51. The molecule has 0 aliphatic rings. The number of rotatable bonds is 7. The molecule has 0 rings (SSSR count). The molecule has 0 heterocycles. The second kappa shape index (κ2) is 8.83. The van der Waals surface area contributed by atoms with Crippen LogP contribution in [0.4, 0.5) is 0 Å². The van der Waals surface area contributed by atoms with Crippen LogP contribution in [0.1, 0.15) is 59.3 Å². The third-order valence-electron chi connectivity index (χ3n) is 2.43. The van der Waals surface area contributed by atoms with Crippen LogP contribution in [-0.4, -0.2) is 0 Å². The van der Waals surface area contributed by atoms with Gasteiger partial charge in [-0.2, -0.15) is 0 Å². The SMILES string of the molecule is CCCCC/C=C/C(CC)CC. The number of hydrogen-bond acceptors (Lipinski definition) is 0. The lowest BCUT2D eigenvalue weighted by atomic mass is 10.0. The van der Waals surface area contributed by atoms with Gasteiger partial charge in [-0.25, -0.2) is 0 Å². The van der Waals surface area contributed by atoms with Gasteiger partial charge in [0.2, 0.25) is 0 Å². The van der Waals surface area contributed by atoms with Crippen LogP contribution in [0, 0.1) is 5.92 Å². The molecule has 0 atom stereocenters. The lowest BCUT2D eigenvalue weighted by Gasteiger charge is -2.04. The maximum atomic E-state index is 2.40. The Kier molecular flexibility index (Phi) is 8.64. The van der Waals surface area contributed by atoms with Gasteiger partial charge >= 0.3 is 0 Å². The molecule has 0 radical (unpaired) electrons. The van der Waals surface area contributed by atoms with E-state index in [1.54, 1.807) is 0 Å². The van der Waals surface area contributed by atoms with E-state index in [4.69, 9.17) is 0 Å². The first kappa shape index (κ1) is 11.7. The molecule has 0 saturated heterocycles. The molecule has 0 aromatic carbocycles. The van der Waals surface area contributed by atoms with Crippen LogP contribution in [0.25, 0.3) is 0 Å². The zero-order valence-electron chi connectivity index (χ0n) is 8.97. The molecule has 0 aromatic rings. The van der Waals surface area contributed by atoms with Gasteiger partial charge in [-0.05, 0) is 31.6 Å². The molecule has 0 amide bonds. The summed E-state index contributed by atoms with van der Waals surface area (Å²) in [7, 11) is 0. The molecule has 0 spiro atoms. The van der Waals surface area contributed by atoms with Crippen molar-refractivity contribution < 1.29 is 0 Å². The number of hydrogen-bond donors (Lipinski definition) is 0. The average Bonchev–Trinajstić information content (AvgIpc) is 2.11. The van der Waals surface area contributed by atoms with Gasteiger partial charge in [0.1, 0.15) is 0 Å². The first-order chi connectivity index (χ1) is 5.85. The maximum Gasteiger partial charge on any atom is -0.0239 e. The Bertz CT molecular complexity index is 98.6. The normalized spacial score (nSPS) is 11.7. The van der Waals surface area contributed by atoms with E-state index in [-0.39, 0.29) is 0 Å². The van der Waals surface area contributed by atoms with Crippen LogP contribution in [0.2, 0.25) is 0 Å². The maximum absolute atomic E-state index is 2.40. The lowest BCUT2D eigenvalue weighted by Crippen LogP contribution is -1.89. The Morgan fingerprint density at radius 1 is 1.00 bits per heavy atom. The van der Waals surface area contributed by atoms with E-state index in [0.717, 1.165) is 5.92 Å². The van der Waals surface area contributed by atoms with Crippen molar-refractivity contribution >= 4 is 0 Å². The summed E-state index contributed by atoms with van der Waals surface area (Å²) >= 11 is 0. The molecule has 72 valence electrons. The largest absolute Gasteiger partial charge is 0.0883 e. The van der Waals surface area contributed by atoms with E-state index in [1.807, 2.05) is 0 Å². The predicted molar refractivity (Wildman–Crippen MR) is 57.4 cm³/mol. The van der Waals surface area contributed by atoms with Gasteiger partial charge in [-0.15, -0.1) is 0 Å². The van der Waals surface area contributed by atoms with Gasteiger partial charge in [0.15, 0.2) is 0 Å². The fourth-order valence-corrected chi connectivity index (χ4v) is 1.36. The van der Waals surface area contributed by atoms with Crippen LogP contribution in [0.5, 0.6) is 0 Å². The number of unbranched alkanes of at least 4 members (excludes halogenated alkanes) is 3. The Morgan fingerprint density at radius 2 is 1.67 bits per heavy atom. The van der Waals surface area contributed by atoms with Gasteiger partial charge in [0.05, 0.1) is 0 Å². The Morgan fingerprint density at radius 3 is 2.17 bits per heavy atom. The highest BCUT2D eigenvalue weighted by atomic mass is 14.0. The first-order valence-corrected chi connectivity index (χ1v) is 5.51. The van der Waals surface area contributed by atoms with Gasteiger partial charge in [-0.3, -0.25) is 0 Å². The van der Waals surface area contributed by atoms with Crippen molar-refractivity contribution in [1.82, 2.24) is 0 Å². The third kappa shape index (κ3) is 6.45. The molecule has 0 unspecified atom stereocenters. The van der Waals surface area contributed by atoms with Crippen molar-refractivity contribution in [2.45, 2.75) is 59.3 Å². The quantitative estimate of drug-likeness (QED) is 0.386. The summed E-state index contributed by atoms with van der Waals surface area (Å²) < 4.78 is 0. The van der Waals surface area contributed by atoms with Crippen molar-refractivity contribution in [2.75, 3.05) is 0 Å².